The lowest BCUT2D eigenvalue weighted by molar-refractivity contribution is 0.170. The number of anilines is 1. The van der Waals surface area contributed by atoms with Crippen molar-refractivity contribution < 1.29 is 4.79 Å². The minimum absolute atomic E-state index is 0.0397. The van der Waals surface area contributed by atoms with Crippen molar-refractivity contribution in [3.63, 3.8) is 0 Å². The molecule has 3 heterocycles. The second-order valence-corrected chi connectivity index (χ2v) is 6.69. The third kappa shape index (κ3) is 3.77. The Bertz CT molecular complexity index is 843. The summed E-state index contributed by atoms with van der Waals surface area (Å²) < 4.78 is 2.08. The van der Waals surface area contributed by atoms with E-state index < -0.39 is 0 Å². The van der Waals surface area contributed by atoms with Crippen LogP contribution in [0.15, 0.2) is 55.5 Å². The maximum absolute atomic E-state index is 12.7. The number of H-pyrrole nitrogens is 1. The van der Waals surface area contributed by atoms with E-state index >= 15 is 0 Å². The molecule has 0 radical (unpaired) electrons. The molecule has 1 aliphatic rings. The Balaban J connectivity index is 1.39. The molecular formula is C19H22N6O. The van der Waals surface area contributed by atoms with E-state index in [9.17, 15) is 4.79 Å². The number of aromatic nitrogens is 4. The molecule has 0 unspecified atom stereocenters. The molecular weight excluding hydrogens is 328 g/mol. The van der Waals surface area contributed by atoms with Gasteiger partial charge in [0.2, 0.25) is 0 Å². The van der Waals surface area contributed by atoms with E-state index in [2.05, 4.69) is 24.8 Å². The van der Waals surface area contributed by atoms with Gasteiger partial charge < -0.3 is 19.8 Å². The highest BCUT2D eigenvalue weighted by Gasteiger charge is 2.24. The highest BCUT2D eigenvalue weighted by Crippen LogP contribution is 2.22. The SMILES string of the molecule is O=C(Nc1cccc(-c2cnc[nH]2)c1)N1CCC[C@@H](Cn2ccnc2)C1. The highest BCUT2D eigenvalue weighted by molar-refractivity contribution is 5.90. The minimum atomic E-state index is -0.0397. The van der Waals surface area contributed by atoms with Crippen molar-refractivity contribution >= 4 is 11.7 Å². The van der Waals surface area contributed by atoms with E-state index in [1.807, 2.05) is 41.7 Å². The van der Waals surface area contributed by atoms with E-state index in [1.54, 1.807) is 18.7 Å². The van der Waals surface area contributed by atoms with Crippen molar-refractivity contribution in [2.45, 2.75) is 19.4 Å². The van der Waals surface area contributed by atoms with Crippen LogP contribution >= 0.6 is 0 Å². The molecule has 1 saturated heterocycles. The Hall–Kier alpha value is -3.09. The van der Waals surface area contributed by atoms with Gasteiger partial charge in [0.05, 0.1) is 24.5 Å². The van der Waals surface area contributed by atoms with Crippen LogP contribution in [-0.2, 0) is 6.54 Å². The zero-order valence-corrected chi connectivity index (χ0v) is 14.5. The van der Waals surface area contributed by atoms with Gasteiger partial charge in [0, 0.05) is 43.3 Å². The van der Waals surface area contributed by atoms with Crippen LogP contribution in [0.2, 0.25) is 0 Å². The van der Waals surface area contributed by atoms with E-state index in [1.165, 1.54) is 0 Å². The number of likely N-dealkylation sites (tertiary alicyclic amines) is 1. The summed E-state index contributed by atoms with van der Waals surface area (Å²) in [6.45, 7) is 2.47. The average molecular weight is 350 g/mol. The van der Waals surface area contributed by atoms with Crippen LogP contribution in [-0.4, -0.2) is 43.5 Å². The standard InChI is InChI=1S/C19H22N6O/c26-19(23-17-5-1-4-16(9-17)18-10-21-13-22-18)25-7-2-3-15(12-25)11-24-8-6-20-14-24/h1,4-6,8-10,13-15H,2-3,7,11-12H2,(H,21,22)(H,23,26)/t15-/m0/s1. The van der Waals surface area contributed by atoms with Crippen molar-refractivity contribution in [1.82, 2.24) is 24.4 Å². The molecule has 0 aliphatic carbocycles. The summed E-state index contributed by atoms with van der Waals surface area (Å²) in [5, 5.41) is 3.03. The molecule has 134 valence electrons. The van der Waals surface area contributed by atoms with Crippen molar-refractivity contribution in [2.24, 2.45) is 5.92 Å². The summed E-state index contributed by atoms with van der Waals surface area (Å²) in [5.74, 6) is 0.458. The monoisotopic (exact) mass is 350 g/mol. The van der Waals surface area contributed by atoms with Crippen LogP contribution in [0.5, 0.6) is 0 Å². The van der Waals surface area contributed by atoms with Crippen molar-refractivity contribution in [3.05, 3.63) is 55.5 Å². The number of hydrogen-bond acceptors (Lipinski definition) is 3. The fraction of sp³-hybridized carbons (Fsp3) is 0.316. The smallest absolute Gasteiger partial charge is 0.321 e. The van der Waals surface area contributed by atoms with Gasteiger partial charge in [-0.15, -0.1) is 0 Å². The van der Waals surface area contributed by atoms with Gasteiger partial charge in [-0.05, 0) is 30.9 Å². The first kappa shape index (κ1) is 16.4. The molecule has 3 aromatic rings. The number of piperidine rings is 1. The number of urea groups is 1. The predicted molar refractivity (Wildman–Crippen MR) is 99.6 cm³/mol. The Morgan fingerprint density at radius 1 is 1.35 bits per heavy atom. The van der Waals surface area contributed by atoms with Crippen LogP contribution in [0, 0.1) is 5.92 Å². The fourth-order valence-electron chi connectivity index (χ4n) is 3.47. The highest BCUT2D eigenvalue weighted by atomic mass is 16.2. The van der Waals surface area contributed by atoms with Gasteiger partial charge in [-0.25, -0.2) is 14.8 Å². The lowest BCUT2D eigenvalue weighted by Gasteiger charge is -2.33. The predicted octanol–water partition coefficient (Wildman–Crippen LogP) is 3.22. The molecule has 1 aromatic carbocycles. The number of nitrogens with zero attached hydrogens (tertiary/aromatic N) is 4. The molecule has 2 N–H and O–H groups in total. The number of amides is 2. The summed E-state index contributed by atoms with van der Waals surface area (Å²) >= 11 is 0. The summed E-state index contributed by atoms with van der Waals surface area (Å²) in [4.78, 5) is 25.8. The molecule has 7 nitrogen and oxygen atoms in total. The Labute approximate surface area is 152 Å². The van der Waals surface area contributed by atoms with Crippen LogP contribution in [0.3, 0.4) is 0 Å². The van der Waals surface area contributed by atoms with Crippen molar-refractivity contribution in [1.29, 1.82) is 0 Å². The molecule has 2 amide bonds. The Morgan fingerprint density at radius 2 is 2.31 bits per heavy atom. The Kier molecular flexibility index (Phi) is 4.68. The van der Waals surface area contributed by atoms with E-state index in [0.717, 1.165) is 49.4 Å². The number of benzene rings is 1. The van der Waals surface area contributed by atoms with Crippen LogP contribution < -0.4 is 5.32 Å². The minimum Gasteiger partial charge on any atom is -0.345 e. The molecule has 4 rings (SSSR count). The quantitative estimate of drug-likeness (QED) is 0.758. The average Bonchev–Trinajstić information content (AvgIpc) is 3.36. The summed E-state index contributed by atoms with van der Waals surface area (Å²) in [5.41, 5.74) is 2.72. The number of rotatable bonds is 4. The van der Waals surface area contributed by atoms with Gasteiger partial charge in [-0.1, -0.05) is 12.1 Å². The third-order valence-electron chi connectivity index (χ3n) is 4.76. The van der Waals surface area contributed by atoms with Gasteiger partial charge in [-0.2, -0.15) is 0 Å². The summed E-state index contributed by atoms with van der Waals surface area (Å²) in [7, 11) is 0. The molecule has 0 saturated carbocycles. The molecule has 1 aliphatic heterocycles. The lowest BCUT2D eigenvalue weighted by Crippen LogP contribution is -2.43. The van der Waals surface area contributed by atoms with Gasteiger partial charge in [0.25, 0.3) is 0 Å². The van der Waals surface area contributed by atoms with Gasteiger partial charge in [0.1, 0.15) is 0 Å². The van der Waals surface area contributed by atoms with Crippen LogP contribution in [0.1, 0.15) is 12.8 Å². The molecule has 7 heteroatoms. The Morgan fingerprint density at radius 3 is 3.12 bits per heavy atom. The first-order valence-corrected chi connectivity index (χ1v) is 8.88. The largest absolute Gasteiger partial charge is 0.345 e. The van der Waals surface area contributed by atoms with Crippen LogP contribution in [0.25, 0.3) is 11.3 Å². The maximum atomic E-state index is 12.7. The number of carbonyl (C=O) groups is 1. The topological polar surface area (TPSA) is 78.8 Å². The first-order chi connectivity index (χ1) is 12.8. The first-order valence-electron chi connectivity index (χ1n) is 8.88. The van der Waals surface area contributed by atoms with Gasteiger partial charge in [-0.3, -0.25) is 0 Å². The van der Waals surface area contributed by atoms with E-state index in [-0.39, 0.29) is 6.03 Å². The molecule has 0 spiro atoms. The normalized spacial score (nSPS) is 17.2. The fourth-order valence-corrected chi connectivity index (χ4v) is 3.47. The zero-order valence-electron chi connectivity index (χ0n) is 14.5. The second-order valence-electron chi connectivity index (χ2n) is 6.69. The summed E-state index contributed by atoms with van der Waals surface area (Å²) in [6, 6.07) is 7.75. The van der Waals surface area contributed by atoms with Crippen molar-refractivity contribution in [2.75, 3.05) is 18.4 Å². The number of carbonyl (C=O) groups excluding carboxylic acids is 1. The number of hydrogen-bond donors (Lipinski definition) is 2. The number of nitrogens with one attached hydrogen (secondary N) is 2. The lowest BCUT2D eigenvalue weighted by atomic mass is 9.98. The number of aromatic amines is 1. The molecule has 2 aromatic heterocycles. The van der Waals surface area contributed by atoms with Crippen molar-refractivity contribution in [3.8, 4) is 11.3 Å². The molecule has 1 atom stereocenters. The van der Waals surface area contributed by atoms with E-state index in [0.29, 0.717) is 5.92 Å². The second kappa shape index (κ2) is 7.43. The van der Waals surface area contributed by atoms with Crippen LogP contribution in [0.4, 0.5) is 10.5 Å². The maximum Gasteiger partial charge on any atom is 0.321 e. The number of imidazole rings is 2. The third-order valence-corrected chi connectivity index (χ3v) is 4.76. The van der Waals surface area contributed by atoms with Gasteiger partial charge in [0.15, 0.2) is 0 Å². The molecule has 26 heavy (non-hydrogen) atoms. The van der Waals surface area contributed by atoms with E-state index in [4.69, 9.17) is 0 Å². The molecule has 0 bridgehead atoms. The molecule has 1 fully saturated rings. The zero-order chi connectivity index (χ0) is 17.8. The summed E-state index contributed by atoms with van der Waals surface area (Å²) in [6.07, 6.45) is 11.2. The van der Waals surface area contributed by atoms with Gasteiger partial charge >= 0.3 is 6.03 Å².